The fourth-order valence-electron chi connectivity index (χ4n) is 3.30. The zero-order valence-electron chi connectivity index (χ0n) is 14.4. The van der Waals surface area contributed by atoms with Gasteiger partial charge in [-0.3, -0.25) is 4.90 Å². The minimum Gasteiger partial charge on any atom is -0.468 e. The van der Waals surface area contributed by atoms with E-state index >= 15 is 0 Å². The van der Waals surface area contributed by atoms with Crippen molar-refractivity contribution in [3.8, 4) is 6.07 Å². The molecule has 0 aliphatic carbocycles. The van der Waals surface area contributed by atoms with Gasteiger partial charge < -0.3 is 8.82 Å². The molecular weight excluding hydrogens is 322 g/mol. The Bertz CT molecular complexity index is 1030. The summed E-state index contributed by atoms with van der Waals surface area (Å²) in [5, 5.41) is 9.66. The largest absolute Gasteiger partial charge is 0.468 e. The lowest BCUT2D eigenvalue weighted by Crippen LogP contribution is -2.22. The van der Waals surface area contributed by atoms with Crippen molar-refractivity contribution in [1.29, 1.82) is 5.26 Å². The molecule has 0 spiro atoms. The smallest absolute Gasteiger partial charge is 0.117 e. The summed E-state index contributed by atoms with van der Waals surface area (Å²) in [5.74, 6) is 0.920. The van der Waals surface area contributed by atoms with Gasteiger partial charge in [0, 0.05) is 31.0 Å². The van der Waals surface area contributed by atoms with E-state index in [-0.39, 0.29) is 0 Å². The van der Waals surface area contributed by atoms with E-state index in [1.807, 2.05) is 65.3 Å². The number of hydrogen-bond donors (Lipinski definition) is 0. The van der Waals surface area contributed by atoms with E-state index in [2.05, 4.69) is 23.1 Å². The van der Waals surface area contributed by atoms with Crippen molar-refractivity contribution < 1.29 is 4.42 Å². The van der Waals surface area contributed by atoms with Crippen LogP contribution in [-0.4, -0.2) is 9.30 Å². The van der Waals surface area contributed by atoms with Crippen molar-refractivity contribution in [2.75, 3.05) is 0 Å². The van der Waals surface area contributed by atoms with Gasteiger partial charge in [-0.2, -0.15) is 5.26 Å². The van der Waals surface area contributed by atoms with E-state index in [0.717, 1.165) is 28.9 Å². The first-order chi connectivity index (χ1) is 12.8. The SMILES string of the molecule is N#Cc1c(CN(Cc2ccccc2)Cc2ccco2)cn2ccccc12. The number of rotatable bonds is 6. The molecule has 4 heteroatoms. The van der Waals surface area contributed by atoms with Crippen LogP contribution >= 0.6 is 0 Å². The van der Waals surface area contributed by atoms with Gasteiger partial charge in [0.1, 0.15) is 11.8 Å². The third-order valence-corrected chi connectivity index (χ3v) is 4.48. The third-order valence-electron chi connectivity index (χ3n) is 4.48. The molecule has 0 fully saturated rings. The van der Waals surface area contributed by atoms with Crippen molar-refractivity contribution in [2.45, 2.75) is 19.6 Å². The number of pyridine rings is 1. The average Bonchev–Trinajstić information content (AvgIpc) is 3.29. The molecule has 128 valence electrons. The highest BCUT2D eigenvalue weighted by atomic mass is 16.3. The highest BCUT2D eigenvalue weighted by Crippen LogP contribution is 2.21. The highest BCUT2D eigenvalue weighted by molar-refractivity contribution is 5.65. The predicted octanol–water partition coefficient (Wildman–Crippen LogP) is 4.61. The summed E-state index contributed by atoms with van der Waals surface area (Å²) in [4.78, 5) is 2.30. The standard InChI is InChI=1S/C22H19N3O/c23-13-21-19(16-25-11-5-4-10-22(21)25)15-24(17-20-9-6-12-26-20)14-18-7-2-1-3-8-18/h1-12,16H,14-15,17H2. The first-order valence-electron chi connectivity index (χ1n) is 8.61. The summed E-state index contributed by atoms with van der Waals surface area (Å²) in [7, 11) is 0. The Morgan fingerprint density at radius 2 is 1.77 bits per heavy atom. The maximum Gasteiger partial charge on any atom is 0.117 e. The second-order valence-corrected chi connectivity index (χ2v) is 6.34. The lowest BCUT2D eigenvalue weighted by molar-refractivity contribution is 0.227. The van der Waals surface area contributed by atoms with Crippen LogP contribution in [0.25, 0.3) is 5.52 Å². The molecule has 1 aromatic carbocycles. The second-order valence-electron chi connectivity index (χ2n) is 6.34. The molecule has 0 aliphatic rings. The van der Waals surface area contributed by atoms with Gasteiger partial charge in [0.2, 0.25) is 0 Å². The van der Waals surface area contributed by atoms with Gasteiger partial charge in [-0.15, -0.1) is 0 Å². The van der Waals surface area contributed by atoms with Crippen LogP contribution in [0.5, 0.6) is 0 Å². The molecule has 3 heterocycles. The summed E-state index contributed by atoms with van der Waals surface area (Å²) in [6, 6.07) is 22.6. The molecule has 26 heavy (non-hydrogen) atoms. The van der Waals surface area contributed by atoms with Crippen molar-refractivity contribution in [3.63, 3.8) is 0 Å². The summed E-state index contributed by atoms with van der Waals surface area (Å²) in [6.45, 7) is 2.16. The first kappa shape index (κ1) is 16.2. The zero-order chi connectivity index (χ0) is 17.8. The molecule has 4 aromatic rings. The van der Waals surface area contributed by atoms with Crippen molar-refractivity contribution in [1.82, 2.24) is 9.30 Å². The normalized spacial score (nSPS) is 11.1. The molecule has 0 unspecified atom stereocenters. The number of benzene rings is 1. The summed E-state index contributed by atoms with van der Waals surface area (Å²) >= 11 is 0. The van der Waals surface area contributed by atoms with Crippen LogP contribution in [0.1, 0.15) is 22.5 Å². The van der Waals surface area contributed by atoms with Gasteiger partial charge in [-0.05, 0) is 29.8 Å². The van der Waals surface area contributed by atoms with Crippen LogP contribution in [-0.2, 0) is 19.6 Å². The van der Waals surface area contributed by atoms with Crippen molar-refractivity contribution >= 4 is 5.52 Å². The van der Waals surface area contributed by atoms with Crippen molar-refractivity contribution in [2.24, 2.45) is 0 Å². The molecule has 4 nitrogen and oxygen atoms in total. The molecule has 0 N–H and O–H groups in total. The van der Waals surface area contributed by atoms with Gasteiger partial charge in [0.05, 0.1) is 23.9 Å². The average molecular weight is 341 g/mol. The number of aromatic nitrogens is 1. The van der Waals surface area contributed by atoms with E-state index in [0.29, 0.717) is 13.1 Å². The topological polar surface area (TPSA) is 44.6 Å². The number of nitriles is 1. The van der Waals surface area contributed by atoms with Crippen LogP contribution in [0.3, 0.4) is 0 Å². The quantitative estimate of drug-likeness (QED) is 0.514. The predicted molar refractivity (Wildman–Crippen MR) is 100 cm³/mol. The molecule has 4 rings (SSSR count). The first-order valence-corrected chi connectivity index (χ1v) is 8.61. The van der Waals surface area contributed by atoms with E-state index in [4.69, 9.17) is 4.42 Å². The van der Waals surface area contributed by atoms with Crippen LogP contribution in [0.2, 0.25) is 0 Å². The maximum atomic E-state index is 9.66. The maximum absolute atomic E-state index is 9.66. The minimum absolute atomic E-state index is 0.681. The molecule has 0 saturated heterocycles. The van der Waals surface area contributed by atoms with Gasteiger partial charge in [0.15, 0.2) is 0 Å². The summed E-state index contributed by atoms with van der Waals surface area (Å²) < 4.78 is 7.56. The van der Waals surface area contributed by atoms with Gasteiger partial charge in [-0.25, -0.2) is 0 Å². The van der Waals surface area contributed by atoms with E-state index in [1.54, 1.807) is 6.26 Å². The molecule has 0 amide bonds. The van der Waals surface area contributed by atoms with Gasteiger partial charge >= 0.3 is 0 Å². The van der Waals surface area contributed by atoms with Crippen LogP contribution < -0.4 is 0 Å². The van der Waals surface area contributed by atoms with E-state index in [1.165, 1.54) is 5.56 Å². The Kier molecular flexibility index (Phi) is 4.55. The monoisotopic (exact) mass is 341 g/mol. The third kappa shape index (κ3) is 3.39. The highest BCUT2D eigenvalue weighted by Gasteiger charge is 2.15. The van der Waals surface area contributed by atoms with Crippen molar-refractivity contribution in [3.05, 3.63) is 102 Å². The Morgan fingerprint density at radius 1 is 0.923 bits per heavy atom. The lowest BCUT2D eigenvalue weighted by atomic mass is 10.1. The van der Waals surface area contributed by atoms with Gasteiger partial charge in [-0.1, -0.05) is 36.4 Å². The molecule has 0 radical (unpaired) electrons. The van der Waals surface area contributed by atoms with E-state index in [9.17, 15) is 5.26 Å². The zero-order valence-corrected chi connectivity index (χ0v) is 14.4. The van der Waals surface area contributed by atoms with Crippen LogP contribution in [0.4, 0.5) is 0 Å². The molecule has 0 aliphatic heterocycles. The van der Waals surface area contributed by atoms with Crippen LogP contribution in [0, 0.1) is 11.3 Å². The Hall–Kier alpha value is -3.29. The lowest BCUT2D eigenvalue weighted by Gasteiger charge is -2.21. The van der Waals surface area contributed by atoms with E-state index < -0.39 is 0 Å². The summed E-state index contributed by atoms with van der Waals surface area (Å²) in [6.07, 6.45) is 5.73. The summed E-state index contributed by atoms with van der Waals surface area (Å²) in [5.41, 5.74) is 3.95. The van der Waals surface area contributed by atoms with Gasteiger partial charge in [0.25, 0.3) is 0 Å². The fourth-order valence-corrected chi connectivity index (χ4v) is 3.30. The number of furan rings is 1. The number of fused-ring (bicyclic) bond motifs is 1. The molecule has 0 atom stereocenters. The van der Waals surface area contributed by atoms with Crippen LogP contribution in [0.15, 0.2) is 83.7 Å². The number of hydrogen-bond acceptors (Lipinski definition) is 3. The molecule has 0 saturated carbocycles. The minimum atomic E-state index is 0.681. The second kappa shape index (κ2) is 7.30. The molecule has 0 bridgehead atoms. The fraction of sp³-hybridized carbons (Fsp3) is 0.136. The molecule has 3 aromatic heterocycles. The Balaban J connectivity index is 1.65. The number of nitrogens with zero attached hydrogens (tertiary/aromatic N) is 3. The Labute approximate surface area is 152 Å². The molecular formula is C22H19N3O. The Morgan fingerprint density at radius 3 is 2.54 bits per heavy atom.